The van der Waals surface area contributed by atoms with Crippen LogP contribution in [-0.4, -0.2) is 51.8 Å². The Morgan fingerprint density at radius 3 is 0.688 bits per heavy atom. The van der Waals surface area contributed by atoms with E-state index in [0.717, 1.165) is 0 Å². The molecule has 4 nitrogen and oxygen atoms in total. The van der Waals surface area contributed by atoms with E-state index < -0.39 is 51.8 Å². The first-order valence-electron chi connectivity index (χ1n) is 9.01. The fourth-order valence-electron chi connectivity index (χ4n) is 2.66. The van der Waals surface area contributed by atoms with Crippen LogP contribution in [0.2, 0.25) is 91.7 Å². The van der Waals surface area contributed by atoms with Gasteiger partial charge in [0.05, 0.1) is 0 Å². The van der Waals surface area contributed by atoms with Crippen LogP contribution >= 0.6 is 0 Å². The molecule has 0 aliphatic carbocycles. The van der Waals surface area contributed by atoms with Gasteiger partial charge in [0, 0.05) is 0 Å². The zero-order valence-electron chi connectivity index (χ0n) is 18.8. The smallest absolute Gasteiger partial charge is 0.311 e. The molecule has 0 saturated heterocycles. The van der Waals surface area contributed by atoms with Crippen molar-refractivity contribution in [3.8, 4) is 0 Å². The Morgan fingerprint density at radius 2 is 0.562 bits per heavy atom. The van der Waals surface area contributed by atoms with Gasteiger partial charge in [-0.1, -0.05) is 59.4 Å². The van der Waals surface area contributed by atoms with Crippen molar-refractivity contribution in [2.45, 2.75) is 151 Å². The number of hydrogen-bond acceptors (Lipinski definition) is 4. The van der Waals surface area contributed by atoms with Gasteiger partial charge < -0.3 is 16.5 Å². The van der Waals surface area contributed by atoms with Gasteiger partial charge in [-0.2, -0.15) is 0 Å². The Labute approximate surface area is 218 Å². The van der Waals surface area contributed by atoms with E-state index in [4.69, 9.17) is 16.5 Å². The van der Waals surface area contributed by atoms with Gasteiger partial charge in [-0.15, -0.1) is 0 Å². The first-order chi connectivity index (χ1) is 10.2. The van der Waals surface area contributed by atoms with Crippen molar-refractivity contribution in [1.29, 1.82) is 0 Å². The molecule has 0 aromatic heterocycles. The lowest BCUT2D eigenvalue weighted by Gasteiger charge is -2.35. The van der Waals surface area contributed by atoms with Crippen LogP contribution in [0.15, 0.2) is 0 Å². The minimum absolute atomic E-state index is 0. The Kier molecular flexibility index (Phi) is 50.4. The van der Waals surface area contributed by atoms with E-state index in [1.165, 1.54) is 0 Å². The highest BCUT2D eigenvalue weighted by Gasteiger charge is 2.35. The van der Waals surface area contributed by atoms with E-state index in [-0.39, 0.29) is 59.4 Å². The summed E-state index contributed by atoms with van der Waals surface area (Å²) < 4.78 is 23.9. The van der Waals surface area contributed by atoms with E-state index in [1.54, 1.807) is 0 Å². The third-order valence-electron chi connectivity index (χ3n) is 2.14. The van der Waals surface area contributed by atoms with Gasteiger partial charge in [0.15, 0.2) is 34.7 Å². The summed E-state index contributed by atoms with van der Waals surface area (Å²) in [6.07, 6.45) is 0. The molecule has 0 spiro atoms. The van der Waals surface area contributed by atoms with Crippen molar-refractivity contribution < 1.29 is 16.5 Å². The molecule has 0 rings (SSSR count). The molecule has 0 fully saturated rings. The predicted molar refractivity (Wildman–Crippen MR) is 178 cm³/mol. The Bertz CT molecular complexity index is 323. The molecule has 0 N–H and O–H groups in total. The molecule has 0 radical (unpaired) electrons. The molecular weight excluding hydrogens is 497 g/mol. The lowest BCUT2D eigenvalue weighted by Crippen LogP contribution is -2.50. The maximum atomic E-state index is 6.09. The summed E-state index contributed by atoms with van der Waals surface area (Å²) in [5.41, 5.74) is 0. The Hall–Kier alpha value is 1.14. The second kappa shape index (κ2) is 25.2. The molecule has 0 amide bonds. The highest BCUT2D eigenvalue weighted by molar-refractivity contribution is 6.87. The van der Waals surface area contributed by atoms with Crippen LogP contribution in [0.25, 0.3) is 0 Å². The topological polar surface area (TPSA) is 36.9 Å². The van der Waals surface area contributed by atoms with Crippen LogP contribution in [0, 0.1) is 0 Å². The molecule has 32 heavy (non-hydrogen) atoms. The van der Waals surface area contributed by atoms with Gasteiger partial charge >= 0.3 is 17.1 Å². The van der Waals surface area contributed by atoms with Crippen LogP contribution in [0.5, 0.6) is 0 Å². The summed E-state index contributed by atoms with van der Waals surface area (Å²) in [6, 6.07) is 0. The SMILES string of the molecule is C.C.C.C.C.C.C.C.C[SiH](C)O[Si](C)(C)O[SiH](C)C.C[Si](C)(C)O[Si](C)(C)O[Si](C)(C)C. The second-order valence-electron chi connectivity index (χ2n) is 9.56. The van der Waals surface area contributed by atoms with E-state index in [1.807, 2.05) is 0 Å². The maximum Gasteiger partial charge on any atom is 0.311 e. The molecule has 10 heteroatoms. The van der Waals surface area contributed by atoms with Crippen LogP contribution in [-0.2, 0) is 16.5 Å². The van der Waals surface area contributed by atoms with Crippen LogP contribution in [0.4, 0.5) is 0 Å². The molecule has 0 aliphatic heterocycles. The molecule has 0 saturated carbocycles. The molecule has 0 aromatic rings. The van der Waals surface area contributed by atoms with Crippen LogP contribution in [0.3, 0.4) is 0 Å². The monoisotopic (exact) mass is 572 g/mol. The average Bonchev–Trinajstić information content (AvgIpc) is 2.02. The quantitative estimate of drug-likeness (QED) is 0.271. The van der Waals surface area contributed by atoms with Gasteiger partial charge in [0.1, 0.15) is 0 Å². The molecule has 0 aromatic carbocycles. The normalized spacial score (nSPS) is 10.5. The lowest BCUT2D eigenvalue weighted by atomic mass is 11.8. The zero-order chi connectivity index (χ0) is 20.0. The minimum atomic E-state index is -1.85. The molecule has 0 atom stereocenters. The highest BCUT2D eigenvalue weighted by atomic mass is 28.5. The van der Waals surface area contributed by atoms with Crippen molar-refractivity contribution in [3.05, 3.63) is 0 Å². The summed E-state index contributed by atoms with van der Waals surface area (Å²) in [5, 5.41) is 0. The summed E-state index contributed by atoms with van der Waals surface area (Å²) >= 11 is 0. The summed E-state index contributed by atoms with van der Waals surface area (Å²) in [4.78, 5) is 0. The fourth-order valence-corrected chi connectivity index (χ4v) is 24.8. The second-order valence-corrected chi connectivity index (χ2v) is 31.3. The zero-order valence-corrected chi connectivity index (χ0v) is 25.1. The molecular formula is C22H76O4Si6. The van der Waals surface area contributed by atoms with Crippen molar-refractivity contribution in [2.24, 2.45) is 0 Å². The van der Waals surface area contributed by atoms with E-state index in [2.05, 4.69) is 91.7 Å². The van der Waals surface area contributed by atoms with Crippen molar-refractivity contribution >= 4 is 51.8 Å². The predicted octanol–water partition coefficient (Wildman–Crippen LogP) is 10.2. The van der Waals surface area contributed by atoms with Gasteiger partial charge in [0.2, 0.25) is 0 Å². The van der Waals surface area contributed by atoms with Crippen LogP contribution < -0.4 is 0 Å². The highest BCUT2D eigenvalue weighted by Crippen LogP contribution is 2.19. The summed E-state index contributed by atoms with van der Waals surface area (Å²) in [6.45, 7) is 30.7. The fraction of sp³-hybridized carbons (Fsp3) is 1.00. The first kappa shape index (κ1) is 63.9. The molecule has 0 bridgehead atoms. The summed E-state index contributed by atoms with van der Waals surface area (Å²) in [7, 11) is -8.21. The van der Waals surface area contributed by atoms with Crippen molar-refractivity contribution in [3.63, 3.8) is 0 Å². The standard InChI is InChI=1S/C8H24O2Si3.C6H20O2Si3.8CH4/c1-11(2,3)9-13(7,8)10-12(4,5)6;1-9(2)7-11(5,6)8-10(3)4;;;;;;;;/h1-8H3;9-10H,1-6H3;8*1H4. The molecule has 0 aliphatic rings. The van der Waals surface area contributed by atoms with E-state index >= 15 is 0 Å². The molecule has 212 valence electrons. The van der Waals surface area contributed by atoms with Gasteiger partial charge in [0.25, 0.3) is 0 Å². The molecule has 0 unspecified atom stereocenters. The number of rotatable bonds is 8. The lowest BCUT2D eigenvalue weighted by molar-refractivity contribution is 0.395. The maximum absolute atomic E-state index is 6.09. The third kappa shape index (κ3) is 52.8. The Balaban J connectivity index is -0.0000000305. The van der Waals surface area contributed by atoms with Crippen LogP contribution in [0.1, 0.15) is 59.4 Å². The third-order valence-corrected chi connectivity index (χ3v) is 19.3. The largest absolute Gasteiger partial charge is 0.440 e. The van der Waals surface area contributed by atoms with Gasteiger partial charge in [-0.25, -0.2) is 0 Å². The number of hydrogen-bond donors (Lipinski definition) is 0. The molecule has 0 heterocycles. The van der Waals surface area contributed by atoms with Crippen molar-refractivity contribution in [1.82, 2.24) is 0 Å². The van der Waals surface area contributed by atoms with E-state index in [0.29, 0.717) is 0 Å². The Morgan fingerprint density at radius 1 is 0.375 bits per heavy atom. The summed E-state index contributed by atoms with van der Waals surface area (Å²) in [5.74, 6) is 0. The van der Waals surface area contributed by atoms with Gasteiger partial charge in [-0.05, 0) is 91.7 Å². The first-order valence-corrected chi connectivity index (χ1v) is 27.0. The van der Waals surface area contributed by atoms with E-state index in [9.17, 15) is 0 Å². The van der Waals surface area contributed by atoms with Crippen molar-refractivity contribution in [2.75, 3.05) is 0 Å². The van der Waals surface area contributed by atoms with Gasteiger partial charge in [-0.3, -0.25) is 0 Å². The average molecular weight is 573 g/mol. The minimum Gasteiger partial charge on any atom is -0.440 e.